The fraction of sp³-hybridized carbons (Fsp3) is 0.333. The number of allylic oxidation sites excluding steroid dienone is 1. The number of esters is 1. The highest BCUT2D eigenvalue weighted by Crippen LogP contribution is 2.27. The van der Waals surface area contributed by atoms with Gasteiger partial charge in [-0.05, 0) is 31.5 Å². The molecule has 0 aliphatic heterocycles. The van der Waals surface area contributed by atoms with Crippen molar-refractivity contribution >= 4 is 5.97 Å². The Kier molecular flexibility index (Phi) is 7.02. The molecule has 0 bridgehead atoms. The summed E-state index contributed by atoms with van der Waals surface area (Å²) in [6, 6.07) is 3.76. The van der Waals surface area contributed by atoms with Gasteiger partial charge in [0.05, 0.1) is 31.5 Å². The summed E-state index contributed by atoms with van der Waals surface area (Å²) in [6.45, 7) is 3.21. The van der Waals surface area contributed by atoms with Crippen molar-refractivity contribution in [2.24, 2.45) is 0 Å². The molecule has 0 unspecified atom stereocenters. The summed E-state index contributed by atoms with van der Waals surface area (Å²) in [5, 5.41) is 3.99. The molecule has 1 heterocycles. The first-order chi connectivity index (χ1) is 13.2. The number of hydrogen-bond acceptors (Lipinski definition) is 5. The first kappa shape index (κ1) is 21.3. The lowest BCUT2D eigenvalue weighted by Crippen LogP contribution is -2.15. The predicted octanol–water partition coefficient (Wildman–Crippen LogP) is 4.07. The third-order valence-corrected chi connectivity index (χ3v) is 3.36. The maximum absolute atomic E-state index is 14.1. The Bertz CT molecular complexity index is 846. The van der Waals surface area contributed by atoms with Crippen LogP contribution in [-0.4, -0.2) is 35.1 Å². The number of aromatic nitrogens is 2. The minimum Gasteiger partial charge on any atom is -0.487 e. The number of carbonyl (C=O) groups is 1. The van der Waals surface area contributed by atoms with Crippen LogP contribution in [0.5, 0.6) is 5.75 Å². The second-order valence-electron chi connectivity index (χ2n) is 5.44. The summed E-state index contributed by atoms with van der Waals surface area (Å²) in [5.41, 5.74) is 0.719. The van der Waals surface area contributed by atoms with E-state index in [4.69, 9.17) is 9.47 Å². The van der Waals surface area contributed by atoms with Crippen LogP contribution in [0.1, 0.15) is 29.8 Å². The molecule has 152 valence electrons. The van der Waals surface area contributed by atoms with Crippen molar-refractivity contribution in [1.29, 1.82) is 0 Å². The summed E-state index contributed by atoms with van der Waals surface area (Å²) >= 11 is 0. The van der Waals surface area contributed by atoms with Crippen LogP contribution in [0.3, 0.4) is 0 Å². The number of rotatable bonds is 8. The summed E-state index contributed by atoms with van der Waals surface area (Å²) in [7, 11) is 0. The van der Waals surface area contributed by atoms with Crippen LogP contribution in [0.15, 0.2) is 42.6 Å². The third-order valence-electron chi connectivity index (χ3n) is 3.36. The molecule has 0 atom stereocenters. The van der Waals surface area contributed by atoms with Gasteiger partial charge in [0, 0.05) is 6.20 Å². The zero-order valence-corrected chi connectivity index (χ0v) is 15.1. The molecule has 0 saturated heterocycles. The fourth-order valence-electron chi connectivity index (χ4n) is 2.15. The highest BCUT2D eigenvalue weighted by atomic mass is 19.4. The van der Waals surface area contributed by atoms with Crippen molar-refractivity contribution in [3.63, 3.8) is 0 Å². The molecule has 6 nitrogen and oxygen atoms in total. The number of carbonyl (C=O) groups excluding carboxylic acids is 1. The maximum Gasteiger partial charge on any atom is 0.452 e. The lowest BCUT2D eigenvalue weighted by Gasteiger charge is -2.12. The molecule has 1 aromatic carbocycles. The van der Waals surface area contributed by atoms with Crippen LogP contribution in [0.25, 0.3) is 0 Å². The molecule has 0 aliphatic carbocycles. The number of nitrogens with zero attached hydrogens (tertiary/aromatic N) is 2. The van der Waals surface area contributed by atoms with Crippen molar-refractivity contribution in [3.05, 3.63) is 59.6 Å². The molecule has 2 aromatic rings. The zero-order chi connectivity index (χ0) is 20.7. The second kappa shape index (κ2) is 9.25. The van der Waals surface area contributed by atoms with Crippen LogP contribution < -0.4 is 4.74 Å². The van der Waals surface area contributed by atoms with Crippen LogP contribution >= 0.6 is 0 Å². The van der Waals surface area contributed by atoms with E-state index in [0.29, 0.717) is 11.8 Å². The molecular weight excluding hydrogens is 384 g/mol. The van der Waals surface area contributed by atoms with Gasteiger partial charge in [-0.15, -0.1) is 0 Å². The van der Waals surface area contributed by atoms with Gasteiger partial charge in [0.2, 0.25) is 5.76 Å². The van der Waals surface area contributed by atoms with E-state index in [1.807, 2.05) is 0 Å². The summed E-state index contributed by atoms with van der Waals surface area (Å²) in [4.78, 5) is 11.6. The molecule has 10 heteroatoms. The molecule has 0 saturated carbocycles. The van der Waals surface area contributed by atoms with Gasteiger partial charge in [0.25, 0.3) is 0 Å². The minimum atomic E-state index is -4.75. The van der Waals surface area contributed by atoms with E-state index in [1.165, 1.54) is 36.1 Å². The molecule has 0 radical (unpaired) electrons. The Morgan fingerprint density at radius 3 is 2.54 bits per heavy atom. The Morgan fingerprint density at radius 2 is 1.93 bits per heavy atom. The lowest BCUT2D eigenvalue weighted by molar-refractivity contribution is -0.132. The monoisotopic (exact) mass is 402 g/mol. The van der Waals surface area contributed by atoms with E-state index >= 15 is 0 Å². The quantitative estimate of drug-likeness (QED) is 0.379. The molecule has 0 aliphatic rings. The van der Waals surface area contributed by atoms with Gasteiger partial charge >= 0.3 is 12.1 Å². The van der Waals surface area contributed by atoms with Gasteiger partial charge in [-0.2, -0.15) is 18.3 Å². The topological polar surface area (TPSA) is 62.6 Å². The Balaban J connectivity index is 2.09. The molecular formula is C18H18F4N2O4. The van der Waals surface area contributed by atoms with E-state index in [1.54, 1.807) is 6.92 Å². The van der Waals surface area contributed by atoms with Crippen LogP contribution in [-0.2, 0) is 16.0 Å². The molecule has 0 fully saturated rings. The molecule has 0 amide bonds. The Morgan fingerprint density at radius 1 is 1.21 bits per heavy atom. The summed E-state index contributed by atoms with van der Waals surface area (Å²) < 4.78 is 67.8. The molecule has 2 rings (SSSR count). The Labute approximate surface area is 158 Å². The van der Waals surface area contributed by atoms with Gasteiger partial charge in [-0.1, -0.05) is 6.07 Å². The largest absolute Gasteiger partial charge is 0.487 e. The first-order valence-electron chi connectivity index (χ1n) is 8.29. The number of ether oxygens (including phenoxy) is 3. The van der Waals surface area contributed by atoms with Gasteiger partial charge in [-0.3, -0.25) is 4.68 Å². The van der Waals surface area contributed by atoms with Crippen LogP contribution in [0, 0.1) is 5.82 Å². The average Bonchev–Trinajstić information content (AvgIpc) is 3.08. The predicted molar refractivity (Wildman–Crippen MR) is 90.1 cm³/mol. The van der Waals surface area contributed by atoms with E-state index in [2.05, 4.69) is 9.84 Å². The van der Waals surface area contributed by atoms with Crippen molar-refractivity contribution in [2.45, 2.75) is 26.6 Å². The van der Waals surface area contributed by atoms with Crippen molar-refractivity contribution < 1.29 is 36.6 Å². The van der Waals surface area contributed by atoms with Crippen LogP contribution in [0.4, 0.5) is 17.6 Å². The SMILES string of the molecule is CCOC(=O)c1cnn(Cc2ccc(O/C=C(\OCC)C(F)(F)F)c(F)c2)c1. The van der Waals surface area contributed by atoms with Gasteiger partial charge in [0.15, 0.2) is 11.6 Å². The van der Waals surface area contributed by atoms with E-state index < -0.39 is 29.5 Å². The van der Waals surface area contributed by atoms with E-state index in [-0.39, 0.29) is 25.3 Å². The number of hydrogen-bond donors (Lipinski definition) is 0. The highest BCUT2D eigenvalue weighted by molar-refractivity contribution is 5.88. The van der Waals surface area contributed by atoms with Crippen molar-refractivity contribution in [3.8, 4) is 5.75 Å². The smallest absolute Gasteiger partial charge is 0.452 e. The fourth-order valence-corrected chi connectivity index (χ4v) is 2.15. The molecule has 1 aromatic heterocycles. The van der Waals surface area contributed by atoms with Gasteiger partial charge in [-0.25, -0.2) is 9.18 Å². The second-order valence-corrected chi connectivity index (χ2v) is 5.44. The molecule has 0 N–H and O–H groups in total. The number of benzene rings is 1. The highest BCUT2D eigenvalue weighted by Gasteiger charge is 2.36. The van der Waals surface area contributed by atoms with E-state index in [0.717, 1.165) is 6.07 Å². The van der Waals surface area contributed by atoms with Crippen LogP contribution in [0.2, 0.25) is 0 Å². The number of alkyl halides is 3. The average molecular weight is 402 g/mol. The minimum absolute atomic E-state index is 0.138. The Hall–Kier alpha value is -3.04. The summed E-state index contributed by atoms with van der Waals surface area (Å²) in [5.74, 6) is -3.13. The first-order valence-corrected chi connectivity index (χ1v) is 8.29. The molecule has 0 spiro atoms. The standard InChI is InChI=1S/C18H18F4N2O4/c1-3-26-16(18(20,21)22)11-28-15-6-5-12(7-14(15)19)9-24-10-13(8-23-24)17(25)27-4-2/h5-8,10-11H,3-4,9H2,1-2H3/b16-11-. The maximum atomic E-state index is 14.1. The van der Waals surface area contributed by atoms with Crippen molar-refractivity contribution in [1.82, 2.24) is 9.78 Å². The lowest BCUT2D eigenvalue weighted by atomic mass is 10.2. The zero-order valence-electron chi connectivity index (χ0n) is 15.1. The third kappa shape index (κ3) is 5.73. The van der Waals surface area contributed by atoms with E-state index in [9.17, 15) is 22.4 Å². The number of halogens is 4. The molecule has 28 heavy (non-hydrogen) atoms. The van der Waals surface area contributed by atoms with Gasteiger partial charge < -0.3 is 14.2 Å². The van der Waals surface area contributed by atoms with Gasteiger partial charge in [0.1, 0.15) is 6.26 Å². The summed E-state index contributed by atoms with van der Waals surface area (Å²) in [6.07, 6.45) is -1.66. The normalized spacial score (nSPS) is 12.0. The van der Waals surface area contributed by atoms with Crippen molar-refractivity contribution in [2.75, 3.05) is 13.2 Å².